The molecule has 0 bridgehead atoms. The Morgan fingerprint density at radius 2 is 1.72 bits per heavy atom. The number of halogens is 1. The number of anilines is 2. The van der Waals surface area contributed by atoms with Gasteiger partial charge >= 0.3 is 6.03 Å². The molecular weight excluding hydrogens is 457 g/mol. The summed E-state index contributed by atoms with van der Waals surface area (Å²) >= 11 is 1.02. The molecule has 0 fully saturated rings. The summed E-state index contributed by atoms with van der Waals surface area (Å²) in [5.74, 6) is -0.754. The Bertz CT molecular complexity index is 1230. The molecule has 0 aliphatic carbocycles. The lowest BCUT2D eigenvalue weighted by Gasteiger charge is -2.05. The first kappa shape index (κ1) is 23.3. The zero-order valence-corrected chi connectivity index (χ0v) is 18.5. The Morgan fingerprint density at radius 1 is 1.06 bits per heavy atom. The Kier molecular flexibility index (Phi) is 7.18. The van der Waals surface area contributed by atoms with Crippen molar-refractivity contribution in [3.8, 4) is 0 Å². The molecule has 2 aromatic carbocycles. The number of thiazole rings is 1. The van der Waals surface area contributed by atoms with E-state index in [4.69, 9.17) is 5.14 Å². The van der Waals surface area contributed by atoms with Crippen molar-refractivity contribution in [2.75, 3.05) is 17.2 Å². The van der Waals surface area contributed by atoms with E-state index in [1.807, 2.05) is 0 Å². The fourth-order valence-electron chi connectivity index (χ4n) is 2.70. The van der Waals surface area contributed by atoms with Crippen molar-refractivity contribution in [1.82, 2.24) is 10.3 Å². The van der Waals surface area contributed by atoms with Crippen molar-refractivity contribution < 1.29 is 22.4 Å². The molecule has 9 nitrogen and oxygen atoms in total. The second kappa shape index (κ2) is 9.85. The lowest BCUT2D eigenvalue weighted by molar-refractivity contribution is 0.0957. The predicted molar refractivity (Wildman–Crippen MR) is 120 cm³/mol. The number of sulfonamides is 1. The molecule has 12 heteroatoms. The van der Waals surface area contributed by atoms with Crippen LogP contribution in [0.2, 0.25) is 0 Å². The lowest BCUT2D eigenvalue weighted by atomic mass is 10.1. The Hall–Kier alpha value is -3.35. The largest absolute Gasteiger partial charge is 0.351 e. The molecule has 1 heterocycles. The smallest absolute Gasteiger partial charge is 0.325 e. The van der Waals surface area contributed by atoms with Crippen molar-refractivity contribution in [2.24, 2.45) is 5.14 Å². The van der Waals surface area contributed by atoms with Gasteiger partial charge < -0.3 is 10.6 Å². The molecule has 3 aromatic rings. The van der Waals surface area contributed by atoms with Crippen LogP contribution in [0.5, 0.6) is 0 Å². The summed E-state index contributed by atoms with van der Waals surface area (Å²) < 4.78 is 35.5. The summed E-state index contributed by atoms with van der Waals surface area (Å²) in [6, 6.07) is 10.8. The minimum Gasteiger partial charge on any atom is -0.351 e. The van der Waals surface area contributed by atoms with Crippen molar-refractivity contribution in [3.05, 3.63) is 70.5 Å². The van der Waals surface area contributed by atoms with E-state index < -0.39 is 21.9 Å². The molecule has 3 amide bonds. The van der Waals surface area contributed by atoms with Gasteiger partial charge in [0.15, 0.2) is 5.13 Å². The third-order valence-electron chi connectivity index (χ3n) is 4.28. The maximum Gasteiger partial charge on any atom is 0.325 e. The third-order valence-corrected chi connectivity index (χ3v) is 6.28. The summed E-state index contributed by atoms with van der Waals surface area (Å²) in [5.41, 5.74) is 1.70. The maximum absolute atomic E-state index is 12.9. The fourth-order valence-corrected chi connectivity index (χ4v) is 4.09. The van der Waals surface area contributed by atoms with E-state index in [-0.39, 0.29) is 15.9 Å². The second-order valence-electron chi connectivity index (χ2n) is 6.71. The topological polar surface area (TPSA) is 143 Å². The second-order valence-corrected chi connectivity index (χ2v) is 9.27. The molecular formula is C20H20FN5O4S2. The monoisotopic (exact) mass is 477 g/mol. The Morgan fingerprint density at radius 3 is 2.34 bits per heavy atom. The van der Waals surface area contributed by atoms with Crippen LogP contribution in [-0.2, 0) is 16.4 Å². The van der Waals surface area contributed by atoms with Gasteiger partial charge in [-0.15, -0.1) is 0 Å². The van der Waals surface area contributed by atoms with E-state index in [1.54, 1.807) is 19.1 Å². The van der Waals surface area contributed by atoms with Gasteiger partial charge in [-0.2, -0.15) is 0 Å². The number of nitrogens with two attached hydrogens (primary N) is 1. The number of aromatic nitrogens is 1. The minimum atomic E-state index is -3.75. The van der Waals surface area contributed by atoms with Gasteiger partial charge in [-0.25, -0.2) is 27.7 Å². The molecule has 5 N–H and O–H groups in total. The average molecular weight is 478 g/mol. The van der Waals surface area contributed by atoms with E-state index in [1.165, 1.54) is 36.4 Å². The van der Waals surface area contributed by atoms with Crippen molar-refractivity contribution in [1.29, 1.82) is 0 Å². The Labute approximate surface area is 187 Å². The number of primary sulfonamides is 1. The first-order valence-electron chi connectivity index (χ1n) is 9.33. The molecule has 0 unspecified atom stereocenters. The molecule has 0 spiro atoms. The van der Waals surface area contributed by atoms with Gasteiger partial charge in [-0.05, 0) is 55.3 Å². The van der Waals surface area contributed by atoms with Gasteiger partial charge in [0.25, 0.3) is 5.91 Å². The molecule has 3 rings (SSSR count). The SMILES string of the molecule is Cc1nc(NC(=O)Nc2ccc(F)cc2)sc1C(=O)NCCc1ccc(S(N)(=O)=O)cc1. The highest BCUT2D eigenvalue weighted by molar-refractivity contribution is 7.89. The van der Waals surface area contributed by atoms with Crippen molar-refractivity contribution >= 4 is 44.1 Å². The average Bonchev–Trinajstić information content (AvgIpc) is 3.09. The lowest BCUT2D eigenvalue weighted by Crippen LogP contribution is -2.25. The summed E-state index contributed by atoms with van der Waals surface area (Å²) in [6.45, 7) is 1.97. The molecule has 0 atom stereocenters. The van der Waals surface area contributed by atoms with Gasteiger partial charge in [0.2, 0.25) is 10.0 Å². The van der Waals surface area contributed by atoms with Crippen LogP contribution in [0.3, 0.4) is 0 Å². The Balaban J connectivity index is 1.52. The van der Waals surface area contributed by atoms with Crippen LogP contribution >= 0.6 is 11.3 Å². The van der Waals surface area contributed by atoms with Crippen molar-refractivity contribution in [2.45, 2.75) is 18.2 Å². The number of urea groups is 1. The van der Waals surface area contributed by atoms with Crippen LogP contribution in [-0.4, -0.2) is 31.9 Å². The highest BCUT2D eigenvalue weighted by atomic mass is 32.2. The van der Waals surface area contributed by atoms with E-state index in [9.17, 15) is 22.4 Å². The van der Waals surface area contributed by atoms with Crippen LogP contribution in [0, 0.1) is 12.7 Å². The zero-order chi connectivity index (χ0) is 23.3. The number of nitrogens with zero attached hydrogens (tertiary/aromatic N) is 1. The molecule has 32 heavy (non-hydrogen) atoms. The highest BCUT2D eigenvalue weighted by Crippen LogP contribution is 2.23. The van der Waals surface area contributed by atoms with Gasteiger partial charge in [0, 0.05) is 12.2 Å². The van der Waals surface area contributed by atoms with Crippen LogP contribution in [0.1, 0.15) is 20.9 Å². The summed E-state index contributed by atoms with van der Waals surface area (Å²) in [6.07, 6.45) is 0.486. The number of hydrogen-bond donors (Lipinski definition) is 4. The molecule has 0 aliphatic heterocycles. The normalized spacial score (nSPS) is 11.1. The standard InChI is InChI=1S/C20H20FN5O4S2/c1-12-17(18(27)23-11-10-13-2-8-16(9-3-13)32(22,29)30)31-20(24-12)26-19(28)25-15-6-4-14(21)5-7-15/h2-9H,10-11H2,1H3,(H,23,27)(H2,22,29,30)(H2,24,25,26,28). The summed E-state index contributed by atoms with van der Waals surface area (Å²) in [7, 11) is -3.75. The summed E-state index contributed by atoms with van der Waals surface area (Å²) in [5, 5.41) is 13.2. The maximum atomic E-state index is 12.9. The minimum absolute atomic E-state index is 0.0223. The first-order chi connectivity index (χ1) is 15.1. The quantitative estimate of drug-likeness (QED) is 0.414. The molecule has 0 saturated heterocycles. The highest BCUT2D eigenvalue weighted by Gasteiger charge is 2.16. The number of hydrogen-bond acceptors (Lipinski definition) is 6. The van der Waals surface area contributed by atoms with Crippen LogP contribution in [0.25, 0.3) is 0 Å². The number of amides is 3. The fraction of sp³-hybridized carbons (Fsp3) is 0.150. The predicted octanol–water partition coefficient (Wildman–Crippen LogP) is 2.85. The van der Waals surface area contributed by atoms with Crippen LogP contribution in [0.4, 0.5) is 20.0 Å². The molecule has 0 aliphatic rings. The van der Waals surface area contributed by atoms with Gasteiger partial charge in [0.1, 0.15) is 10.7 Å². The molecule has 168 valence electrons. The zero-order valence-electron chi connectivity index (χ0n) is 16.9. The molecule has 0 radical (unpaired) electrons. The number of carbonyl (C=O) groups excluding carboxylic acids is 2. The van der Waals surface area contributed by atoms with E-state index in [0.717, 1.165) is 16.9 Å². The van der Waals surface area contributed by atoms with Gasteiger partial charge in [-0.1, -0.05) is 23.5 Å². The number of aryl methyl sites for hydroxylation is 1. The molecule has 1 aromatic heterocycles. The number of benzene rings is 2. The molecule has 0 saturated carbocycles. The van der Waals surface area contributed by atoms with Crippen LogP contribution in [0.15, 0.2) is 53.4 Å². The summed E-state index contributed by atoms with van der Waals surface area (Å²) in [4.78, 5) is 29.1. The number of carbonyl (C=O) groups is 2. The first-order valence-corrected chi connectivity index (χ1v) is 11.7. The van der Waals surface area contributed by atoms with Gasteiger partial charge in [-0.3, -0.25) is 10.1 Å². The third kappa shape index (κ3) is 6.33. The van der Waals surface area contributed by atoms with Crippen LogP contribution < -0.4 is 21.1 Å². The number of nitrogens with one attached hydrogen (secondary N) is 3. The number of rotatable bonds is 7. The van der Waals surface area contributed by atoms with E-state index in [2.05, 4.69) is 20.9 Å². The van der Waals surface area contributed by atoms with Crippen molar-refractivity contribution in [3.63, 3.8) is 0 Å². The van der Waals surface area contributed by atoms with E-state index in [0.29, 0.717) is 29.2 Å². The van der Waals surface area contributed by atoms with Gasteiger partial charge in [0.05, 0.1) is 10.6 Å². The van der Waals surface area contributed by atoms with E-state index >= 15 is 0 Å².